The molecule has 0 amide bonds. The molecule has 0 heterocycles. The SMILES string of the molecule is COc1ccc(CS(=O)(=O)CC(O)c2ccc(C)cc2)cc1F. The van der Waals surface area contributed by atoms with Crippen LogP contribution in [-0.2, 0) is 15.6 Å². The molecule has 1 atom stereocenters. The maximum Gasteiger partial charge on any atom is 0.165 e. The number of hydrogen-bond acceptors (Lipinski definition) is 4. The molecule has 0 saturated heterocycles. The quantitative estimate of drug-likeness (QED) is 0.880. The molecule has 23 heavy (non-hydrogen) atoms. The summed E-state index contributed by atoms with van der Waals surface area (Å²) >= 11 is 0. The van der Waals surface area contributed by atoms with Crippen molar-refractivity contribution in [3.63, 3.8) is 0 Å². The summed E-state index contributed by atoms with van der Waals surface area (Å²) in [5, 5.41) is 10.1. The molecule has 2 aromatic carbocycles. The number of aliphatic hydroxyl groups is 1. The average molecular weight is 338 g/mol. The summed E-state index contributed by atoms with van der Waals surface area (Å²) in [6.07, 6.45) is -1.11. The van der Waals surface area contributed by atoms with Crippen LogP contribution in [0.15, 0.2) is 42.5 Å². The first-order chi connectivity index (χ1) is 10.8. The number of halogens is 1. The summed E-state index contributed by atoms with van der Waals surface area (Å²) in [6.45, 7) is 1.91. The molecule has 6 heteroatoms. The first-order valence-electron chi connectivity index (χ1n) is 7.08. The van der Waals surface area contributed by atoms with E-state index in [1.165, 1.54) is 19.2 Å². The average Bonchev–Trinajstić information content (AvgIpc) is 2.47. The van der Waals surface area contributed by atoms with Gasteiger partial charge in [-0.1, -0.05) is 35.9 Å². The lowest BCUT2D eigenvalue weighted by Crippen LogP contribution is -2.16. The van der Waals surface area contributed by atoms with Crippen molar-refractivity contribution in [2.24, 2.45) is 0 Å². The van der Waals surface area contributed by atoms with Gasteiger partial charge in [-0.2, -0.15) is 0 Å². The van der Waals surface area contributed by atoms with Crippen molar-refractivity contribution in [2.75, 3.05) is 12.9 Å². The topological polar surface area (TPSA) is 63.6 Å². The number of aryl methyl sites for hydroxylation is 1. The lowest BCUT2D eigenvalue weighted by atomic mass is 10.1. The number of methoxy groups -OCH3 is 1. The number of sulfone groups is 1. The highest BCUT2D eigenvalue weighted by molar-refractivity contribution is 7.90. The molecule has 0 aliphatic carbocycles. The van der Waals surface area contributed by atoms with Crippen molar-refractivity contribution in [1.29, 1.82) is 0 Å². The molecular weight excluding hydrogens is 319 g/mol. The van der Waals surface area contributed by atoms with Gasteiger partial charge in [0.15, 0.2) is 21.4 Å². The summed E-state index contributed by atoms with van der Waals surface area (Å²) in [6, 6.07) is 11.0. The predicted molar refractivity (Wildman–Crippen MR) is 86.6 cm³/mol. The van der Waals surface area contributed by atoms with Crippen LogP contribution in [0, 0.1) is 12.7 Å². The highest BCUT2D eigenvalue weighted by Crippen LogP contribution is 2.21. The molecule has 124 valence electrons. The van der Waals surface area contributed by atoms with Crippen LogP contribution < -0.4 is 4.74 Å². The minimum atomic E-state index is -3.59. The molecule has 1 unspecified atom stereocenters. The Morgan fingerprint density at radius 1 is 1.17 bits per heavy atom. The van der Waals surface area contributed by atoms with E-state index in [9.17, 15) is 17.9 Å². The van der Waals surface area contributed by atoms with Gasteiger partial charge < -0.3 is 9.84 Å². The Bertz CT molecular complexity index is 770. The molecule has 1 N–H and O–H groups in total. The Morgan fingerprint density at radius 2 is 1.83 bits per heavy atom. The van der Waals surface area contributed by atoms with Crippen LogP contribution in [0.4, 0.5) is 4.39 Å². The summed E-state index contributed by atoms with van der Waals surface area (Å²) in [5.41, 5.74) is 1.89. The zero-order valence-electron chi connectivity index (χ0n) is 13.0. The van der Waals surface area contributed by atoms with E-state index >= 15 is 0 Å². The number of benzene rings is 2. The Balaban J connectivity index is 2.09. The van der Waals surface area contributed by atoms with Gasteiger partial charge in [0.2, 0.25) is 0 Å². The number of rotatable bonds is 6. The molecule has 0 aliphatic rings. The van der Waals surface area contributed by atoms with E-state index in [-0.39, 0.29) is 11.5 Å². The molecule has 2 aromatic rings. The van der Waals surface area contributed by atoms with Gasteiger partial charge in [0.1, 0.15) is 0 Å². The van der Waals surface area contributed by atoms with Gasteiger partial charge in [0.05, 0.1) is 24.7 Å². The second kappa shape index (κ2) is 7.10. The molecule has 0 radical (unpaired) electrons. The third-order valence-electron chi connectivity index (χ3n) is 3.48. The monoisotopic (exact) mass is 338 g/mol. The Kier molecular flexibility index (Phi) is 5.38. The smallest absolute Gasteiger partial charge is 0.165 e. The standard InChI is InChI=1S/C17H19FO4S/c1-12-3-6-14(7-4-12)16(19)11-23(20,21)10-13-5-8-17(22-2)15(18)9-13/h3-9,16,19H,10-11H2,1-2H3. The molecule has 4 nitrogen and oxygen atoms in total. The molecule has 0 saturated carbocycles. The van der Waals surface area contributed by atoms with E-state index < -0.39 is 27.5 Å². The minimum absolute atomic E-state index is 0.0610. The largest absolute Gasteiger partial charge is 0.494 e. The van der Waals surface area contributed by atoms with Crippen molar-refractivity contribution in [3.05, 3.63) is 65.0 Å². The zero-order valence-corrected chi connectivity index (χ0v) is 13.8. The summed E-state index contributed by atoms with van der Waals surface area (Å²) < 4.78 is 42.8. The van der Waals surface area contributed by atoms with E-state index in [1.54, 1.807) is 12.1 Å². The van der Waals surface area contributed by atoms with E-state index in [1.807, 2.05) is 19.1 Å². The molecule has 0 spiro atoms. The maximum atomic E-state index is 13.6. The van der Waals surface area contributed by atoms with Crippen LogP contribution in [0.25, 0.3) is 0 Å². The van der Waals surface area contributed by atoms with Gasteiger partial charge in [0, 0.05) is 0 Å². The van der Waals surface area contributed by atoms with Crippen LogP contribution in [0.3, 0.4) is 0 Å². The van der Waals surface area contributed by atoms with E-state index in [2.05, 4.69) is 0 Å². The fraction of sp³-hybridized carbons (Fsp3) is 0.294. The van der Waals surface area contributed by atoms with Crippen molar-refractivity contribution in [1.82, 2.24) is 0 Å². The lowest BCUT2D eigenvalue weighted by molar-refractivity contribution is 0.201. The summed E-state index contributed by atoms with van der Waals surface area (Å²) in [5.74, 6) is -1.30. The van der Waals surface area contributed by atoms with Gasteiger partial charge in [-0.3, -0.25) is 0 Å². The third kappa shape index (κ3) is 4.77. The van der Waals surface area contributed by atoms with Crippen LogP contribution in [-0.4, -0.2) is 26.4 Å². The molecule has 0 fully saturated rings. The fourth-order valence-corrected chi connectivity index (χ4v) is 3.72. The number of ether oxygens (including phenoxy) is 1. The van der Waals surface area contributed by atoms with Crippen LogP contribution >= 0.6 is 0 Å². The molecule has 0 aromatic heterocycles. The van der Waals surface area contributed by atoms with Gasteiger partial charge >= 0.3 is 0 Å². The van der Waals surface area contributed by atoms with Crippen molar-refractivity contribution in [3.8, 4) is 5.75 Å². The van der Waals surface area contributed by atoms with Crippen molar-refractivity contribution >= 4 is 9.84 Å². The summed E-state index contributed by atoms with van der Waals surface area (Å²) in [4.78, 5) is 0. The molecule has 0 bridgehead atoms. The van der Waals surface area contributed by atoms with Gasteiger partial charge in [0.25, 0.3) is 0 Å². The Morgan fingerprint density at radius 3 is 2.39 bits per heavy atom. The van der Waals surface area contributed by atoms with Gasteiger partial charge in [-0.05, 0) is 30.2 Å². The highest BCUT2D eigenvalue weighted by atomic mass is 32.2. The summed E-state index contributed by atoms with van der Waals surface area (Å²) in [7, 11) is -2.25. The highest BCUT2D eigenvalue weighted by Gasteiger charge is 2.20. The van der Waals surface area contributed by atoms with Crippen LogP contribution in [0.1, 0.15) is 22.8 Å². The van der Waals surface area contributed by atoms with Crippen molar-refractivity contribution in [2.45, 2.75) is 18.8 Å². The van der Waals surface area contributed by atoms with Crippen molar-refractivity contribution < 1.29 is 22.7 Å². The zero-order chi connectivity index (χ0) is 17.0. The second-order valence-corrected chi connectivity index (χ2v) is 7.56. The fourth-order valence-electron chi connectivity index (χ4n) is 2.24. The molecular formula is C17H19FO4S. The lowest BCUT2D eigenvalue weighted by Gasteiger charge is -2.12. The minimum Gasteiger partial charge on any atom is -0.494 e. The Labute approximate surface area is 135 Å². The predicted octanol–water partition coefficient (Wildman–Crippen LogP) is 2.79. The second-order valence-electron chi connectivity index (χ2n) is 5.45. The first-order valence-corrected chi connectivity index (χ1v) is 8.90. The molecule has 2 rings (SSSR count). The van der Waals surface area contributed by atoms with Gasteiger partial charge in [-0.25, -0.2) is 12.8 Å². The van der Waals surface area contributed by atoms with E-state index in [0.29, 0.717) is 11.1 Å². The van der Waals surface area contributed by atoms with Crippen LogP contribution in [0.5, 0.6) is 5.75 Å². The van der Waals surface area contributed by atoms with E-state index in [0.717, 1.165) is 11.6 Å². The first kappa shape index (κ1) is 17.4. The van der Waals surface area contributed by atoms with Gasteiger partial charge in [-0.15, -0.1) is 0 Å². The number of aliphatic hydroxyl groups excluding tert-OH is 1. The molecule has 0 aliphatic heterocycles. The third-order valence-corrected chi connectivity index (χ3v) is 5.07. The number of hydrogen-bond donors (Lipinski definition) is 1. The Hall–Kier alpha value is -1.92. The maximum absolute atomic E-state index is 13.6. The van der Waals surface area contributed by atoms with E-state index in [4.69, 9.17) is 4.74 Å². The van der Waals surface area contributed by atoms with Crippen LogP contribution in [0.2, 0.25) is 0 Å². The normalized spacial score (nSPS) is 12.9.